The highest BCUT2D eigenvalue weighted by atomic mass is 79.9. The smallest absolute Gasteiger partial charge is 0.261 e. The fourth-order valence-corrected chi connectivity index (χ4v) is 2.09. The van der Waals surface area contributed by atoms with Crippen LogP contribution in [0.25, 0.3) is 0 Å². The summed E-state index contributed by atoms with van der Waals surface area (Å²) in [6.45, 7) is 1.55. The first-order chi connectivity index (χ1) is 9.81. The number of nitrogens with two attached hydrogens (primary N) is 1. The fraction of sp³-hybridized carbons (Fsp3) is 0.0714. The third-order valence-electron chi connectivity index (χ3n) is 2.86. The first kappa shape index (κ1) is 15.4. The summed E-state index contributed by atoms with van der Waals surface area (Å²) in [6.07, 6.45) is 0. The largest absolute Gasteiger partial charge is 0.396 e. The molecule has 1 amide bonds. The standard InChI is InChI=1S/C14H10BrF3N2O/c1-6-4-9(17)7(15)5-11(6)20-14(21)12-8(16)2-3-10(19)13(12)18/h2-5H,19H2,1H3,(H,20,21). The Morgan fingerprint density at radius 3 is 2.52 bits per heavy atom. The van der Waals surface area contributed by atoms with E-state index in [9.17, 15) is 18.0 Å². The molecular formula is C14H10BrF3N2O. The van der Waals surface area contributed by atoms with Gasteiger partial charge in [-0.1, -0.05) is 0 Å². The highest BCUT2D eigenvalue weighted by Crippen LogP contribution is 2.26. The predicted octanol–water partition coefficient (Wildman–Crippen LogP) is 4.01. The number of hydrogen-bond donors (Lipinski definition) is 2. The van der Waals surface area contributed by atoms with Crippen LogP contribution in [0.1, 0.15) is 15.9 Å². The summed E-state index contributed by atoms with van der Waals surface area (Å²) in [5.74, 6) is -3.67. The lowest BCUT2D eigenvalue weighted by atomic mass is 10.1. The highest BCUT2D eigenvalue weighted by Gasteiger charge is 2.20. The van der Waals surface area contributed by atoms with Crippen molar-refractivity contribution in [3.05, 3.63) is 57.3 Å². The normalized spacial score (nSPS) is 10.5. The topological polar surface area (TPSA) is 55.1 Å². The Hall–Kier alpha value is -2.02. The zero-order chi connectivity index (χ0) is 15.7. The molecule has 0 radical (unpaired) electrons. The third kappa shape index (κ3) is 3.02. The fourth-order valence-electron chi connectivity index (χ4n) is 1.74. The Labute approximate surface area is 127 Å². The molecule has 0 aliphatic carbocycles. The molecule has 3 N–H and O–H groups in total. The van der Waals surface area contributed by atoms with Gasteiger partial charge < -0.3 is 11.1 Å². The van der Waals surface area contributed by atoms with Crippen molar-refractivity contribution in [3.63, 3.8) is 0 Å². The summed E-state index contributed by atoms with van der Waals surface area (Å²) in [4.78, 5) is 12.0. The number of carbonyl (C=O) groups excluding carboxylic acids is 1. The van der Waals surface area contributed by atoms with Crippen LogP contribution in [-0.4, -0.2) is 5.91 Å². The second-order valence-corrected chi connectivity index (χ2v) is 5.22. The van der Waals surface area contributed by atoms with Gasteiger partial charge in [-0.25, -0.2) is 13.2 Å². The minimum atomic E-state index is -1.13. The van der Waals surface area contributed by atoms with Gasteiger partial charge >= 0.3 is 0 Å². The van der Waals surface area contributed by atoms with E-state index < -0.39 is 28.9 Å². The van der Waals surface area contributed by atoms with Gasteiger partial charge in [-0.05, 0) is 52.7 Å². The maximum Gasteiger partial charge on any atom is 0.261 e. The zero-order valence-electron chi connectivity index (χ0n) is 10.8. The molecule has 2 rings (SSSR count). The summed E-state index contributed by atoms with van der Waals surface area (Å²) in [6, 6.07) is 4.43. The van der Waals surface area contributed by atoms with Gasteiger partial charge in [0.1, 0.15) is 17.2 Å². The number of benzene rings is 2. The molecule has 0 saturated heterocycles. The molecule has 2 aromatic rings. The lowest BCUT2D eigenvalue weighted by Crippen LogP contribution is -2.17. The molecule has 3 nitrogen and oxygen atoms in total. The monoisotopic (exact) mass is 358 g/mol. The number of nitrogens with one attached hydrogen (secondary N) is 1. The van der Waals surface area contributed by atoms with E-state index in [0.717, 1.165) is 12.1 Å². The number of carbonyl (C=O) groups is 1. The molecule has 0 aliphatic heterocycles. The van der Waals surface area contributed by atoms with Crippen LogP contribution in [0.5, 0.6) is 0 Å². The number of halogens is 4. The van der Waals surface area contributed by atoms with E-state index >= 15 is 0 Å². The molecule has 0 saturated carbocycles. The van der Waals surface area contributed by atoms with Crippen molar-refractivity contribution in [1.82, 2.24) is 0 Å². The van der Waals surface area contributed by atoms with Crippen LogP contribution in [0, 0.1) is 24.4 Å². The van der Waals surface area contributed by atoms with Crippen LogP contribution in [0.4, 0.5) is 24.5 Å². The van der Waals surface area contributed by atoms with E-state index in [1.807, 2.05) is 0 Å². The lowest BCUT2D eigenvalue weighted by molar-refractivity contribution is 0.101. The molecule has 7 heteroatoms. The molecule has 21 heavy (non-hydrogen) atoms. The highest BCUT2D eigenvalue weighted by molar-refractivity contribution is 9.10. The molecule has 0 bridgehead atoms. The second-order valence-electron chi connectivity index (χ2n) is 4.36. The Morgan fingerprint density at radius 2 is 1.86 bits per heavy atom. The maximum absolute atomic E-state index is 13.8. The molecule has 0 spiro atoms. The van der Waals surface area contributed by atoms with E-state index in [1.165, 1.54) is 12.1 Å². The average Bonchev–Trinajstić information content (AvgIpc) is 2.41. The van der Waals surface area contributed by atoms with Crippen LogP contribution < -0.4 is 11.1 Å². The Morgan fingerprint density at radius 1 is 1.19 bits per heavy atom. The minimum absolute atomic E-state index is 0.122. The Bertz CT molecular complexity index is 735. The Kier molecular flexibility index (Phi) is 4.22. The van der Waals surface area contributed by atoms with Gasteiger partial charge in [-0.15, -0.1) is 0 Å². The van der Waals surface area contributed by atoms with Crippen LogP contribution >= 0.6 is 15.9 Å². The summed E-state index contributed by atoms with van der Waals surface area (Å²) in [5.41, 5.74) is 4.84. The maximum atomic E-state index is 13.8. The number of rotatable bonds is 2. The number of nitrogen functional groups attached to an aromatic ring is 1. The summed E-state index contributed by atoms with van der Waals surface area (Å²) in [7, 11) is 0. The molecule has 2 aromatic carbocycles. The van der Waals surface area contributed by atoms with Gasteiger partial charge in [0.2, 0.25) is 0 Å². The molecule has 110 valence electrons. The van der Waals surface area contributed by atoms with Crippen molar-refractivity contribution < 1.29 is 18.0 Å². The van der Waals surface area contributed by atoms with Crippen molar-refractivity contribution in [2.24, 2.45) is 0 Å². The first-order valence-electron chi connectivity index (χ1n) is 5.81. The predicted molar refractivity (Wildman–Crippen MR) is 77.6 cm³/mol. The van der Waals surface area contributed by atoms with Gasteiger partial charge in [-0.3, -0.25) is 4.79 Å². The number of amides is 1. The molecule has 0 atom stereocenters. The summed E-state index contributed by atoms with van der Waals surface area (Å²) >= 11 is 2.97. The SMILES string of the molecule is Cc1cc(F)c(Br)cc1NC(=O)c1c(F)ccc(N)c1F. The van der Waals surface area contributed by atoms with Crippen molar-refractivity contribution in [2.45, 2.75) is 6.92 Å². The van der Waals surface area contributed by atoms with Gasteiger partial charge in [0, 0.05) is 5.69 Å². The van der Waals surface area contributed by atoms with Crippen molar-refractivity contribution in [2.75, 3.05) is 11.1 Å². The Balaban J connectivity index is 2.40. The van der Waals surface area contributed by atoms with Crippen LogP contribution in [0.2, 0.25) is 0 Å². The molecular weight excluding hydrogens is 349 g/mol. The molecule has 0 heterocycles. The summed E-state index contributed by atoms with van der Waals surface area (Å²) < 4.78 is 40.8. The van der Waals surface area contributed by atoms with Gasteiger partial charge in [0.05, 0.1) is 10.2 Å². The van der Waals surface area contributed by atoms with Crippen LogP contribution in [-0.2, 0) is 0 Å². The minimum Gasteiger partial charge on any atom is -0.396 e. The average molecular weight is 359 g/mol. The van der Waals surface area contributed by atoms with E-state index in [4.69, 9.17) is 5.73 Å². The van der Waals surface area contributed by atoms with Crippen molar-refractivity contribution in [1.29, 1.82) is 0 Å². The molecule has 0 unspecified atom stereocenters. The van der Waals surface area contributed by atoms with E-state index in [0.29, 0.717) is 5.56 Å². The van der Waals surface area contributed by atoms with Gasteiger partial charge in [0.15, 0.2) is 5.82 Å². The molecule has 0 aromatic heterocycles. The zero-order valence-corrected chi connectivity index (χ0v) is 12.4. The lowest BCUT2D eigenvalue weighted by Gasteiger charge is -2.11. The summed E-state index contributed by atoms with van der Waals surface area (Å²) in [5, 5.41) is 2.33. The van der Waals surface area contributed by atoms with E-state index in [-0.39, 0.29) is 15.8 Å². The molecule has 0 fully saturated rings. The first-order valence-corrected chi connectivity index (χ1v) is 6.61. The van der Waals surface area contributed by atoms with Gasteiger partial charge in [0.25, 0.3) is 5.91 Å². The second kappa shape index (κ2) is 5.77. The third-order valence-corrected chi connectivity index (χ3v) is 3.47. The number of hydrogen-bond acceptors (Lipinski definition) is 2. The quantitative estimate of drug-likeness (QED) is 0.797. The van der Waals surface area contributed by atoms with E-state index in [2.05, 4.69) is 21.2 Å². The number of anilines is 2. The van der Waals surface area contributed by atoms with Crippen LogP contribution in [0.15, 0.2) is 28.7 Å². The number of aryl methyl sites for hydroxylation is 1. The molecule has 0 aliphatic rings. The van der Waals surface area contributed by atoms with Gasteiger partial charge in [-0.2, -0.15) is 0 Å². The van der Waals surface area contributed by atoms with Crippen molar-refractivity contribution in [3.8, 4) is 0 Å². The van der Waals surface area contributed by atoms with E-state index in [1.54, 1.807) is 6.92 Å². The van der Waals surface area contributed by atoms with Crippen LogP contribution in [0.3, 0.4) is 0 Å². The van der Waals surface area contributed by atoms with Crippen molar-refractivity contribution >= 4 is 33.2 Å².